The van der Waals surface area contributed by atoms with Crippen molar-refractivity contribution in [2.24, 2.45) is 0 Å². The second-order valence-electron chi connectivity index (χ2n) is 17.6. The van der Waals surface area contributed by atoms with E-state index in [4.69, 9.17) is 19.4 Å². The van der Waals surface area contributed by atoms with Crippen LogP contribution in [-0.2, 0) is 0 Å². The molecule has 316 valence electrons. The van der Waals surface area contributed by atoms with Gasteiger partial charge in [-0.15, -0.1) is 0 Å². The van der Waals surface area contributed by atoms with Crippen molar-refractivity contribution in [3.05, 3.63) is 231 Å². The van der Waals surface area contributed by atoms with Crippen molar-refractivity contribution in [2.45, 2.75) is 0 Å². The summed E-state index contributed by atoms with van der Waals surface area (Å²) in [5.41, 5.74) is 11.8. The van der Waals surface area contributed by atoms with E-state index in [1.54, 1.807) is 0 Å². The predicted molar refractivity (Wildman–Crippen MR) is 281 cm³/mol. The Kier molecular flexibility index (Phi) is 8.52. The van der Waals surface area contributed by atoms with Gasteiger partial charge in [-0.3, -0.25) is 0 Å². The van der Waals surface area contributed by atoms with E-state index in [1.165, 1.54) is 26.9 Å². The van der Waals surface area contributed by atoms with Gasteiger partial charge in [-0.25, -0.2) is 15.0 Å². The fraction of sp³-hybridized carbons (Fsp3) is 0. The smallest absolute Gasteiger partial charge is 0.166 e. The zero-order valence-corrected chi connectivity index (χ0v) is 36.6. The molecule has 0 N–H and O–H groups in total. The lowest BCUT2D eigenvalue weighted by Gasteiger charge is -2.16. The molecule has 0 bridgehead atoms. The summed E-state index contributed by atoms with van der Waals surface area (Å²) in [6.45, 7) is 0. The Hall–Kier alpha value is -9.19. The number of benzene rings is 11. The van der Waals surface area contributed by atoms with Gasteiger partial charge in [-0.1, -0.05) is 188 Å². The van der Waals surface area contributed by atoms with Crippen LogP contribution in [0.1, 0.15) is 0 Å². The van der Waals surface area contributed by atoms with Crippen LogP contribution < -0.4 is 0 Å². The monoisotopic (exact) mass is 866 g/mol. The van der Waals surface area contributed by atoms with Crippen molar-refractivity contribution in [3.63, 3.8) is 0 Å². The molecule has 0 saturated carbocycles. The zero-order valence-electron chi connectivity index (χ0n) is 36.6. The van der Waals surface area contributed by atoms with E-state index in [1.807, 2.05) is 12.1 Å². The lowest BCUT2D eigenvalue weighted by atomic mass is 10.0. The lowest BCUT2D eigenvalue weighted by Crippen LogP contribution is -2.04. The molecule has 0 aliphatic rings. The summed E-state index contributed by atoms with van der Waals surface area (Å²) in [7, 11) is 0. The van der Waals surface area contributed by atoms with Gasteiger partial charge in [0.2, 0.25) is 0 Å². The fourth-order valence-electron chi connectivity index (χ4n) is 10.2. The number of hydrogen-bond acceptors (Lipinski definition) is 4. The Morgan fingerprint density at radius 1 is 0.294 bits per heavy atom. The van der Waals surface area contributed by atoms with Crippen LogP contribution in [0, 0.1) is 0 Å². The summed E-state index contributed by atoms with van der Waals surface area (Å²) < 4.78 is 9.31. The molecule has 14 aromatic rings. The summed E-state index contributed by atoms with van der Waals surface area (Å²) in [4.78, 5) is 16.2. The maximum Gasteiger partial charge on any atom is 0.166 e. The first-order valence-electron chi connectivity index (χ1n) is 23.0. The van der Waals surface area contributed by atoms with Gasteiger partial charge in [0.25, 0.3) is 0 Å². The normalized spacial score (nSPS) is 11.8. The van der Waals surface area contributed by atoms with Gasteiger partial charge in [0.15, 0.2) is 17.5 Å². The molecule has 0 radical (unpaired) electrons. The molecule has 0 amide bonds. The Morgan fingerprint density at radius 3 is 1.54 bits per heavy atom. The fourth-order valence-corrected chi connectivity index (χ4v) is 10.2. The first-order chi connectivity index (χ1) is 33.7. The number of nitrogens with zero attached hydrogens (tertiary/aromatic N) is 4. The molecule has 3 aromatic heterocycles. The van der Waals surface area contributed by atoms with E-state index >= 15 is 0 Å². The number of aromatic nitrogens is 4. The molecule has 5 heteroatoms. The largest absolute Gasteiger partial charge is 0.456 e. The zero-order chi connectivity index (χ0) is 44.7. The van der Waals surface area contributed by atoms with Crippen LogP contribution in [0.15, 0.2) is 235 Å². The van der Waals surface area contributed by atoms with Crippen LogP contribution in [0.25, 0.3) is 138 Å². The molecule has 5 nitrogen and oxygen atoms in total. The Morgan fingerprint density at radius 2 is 0.809 bits per heavy atom. The van der Waals surface area contributed by atoms with E-state index in [-0.39, 0.29) is 0 Å². The van der Waals surface area contributed by atoms with E-state index in [9.17, 15) is 0 Å². The molecule has 14 rings (SSSR count). The summed E-state index contributed by atoms with van der Waals surface area (Å²) in [6.07, 6.45) is 0. The second-order valence-corrected chi connectivity index (χ2v) is 17.6. The maximum absolute atomic E-state index is 6.87. The van der Waals surface area contributed by atoms with Gasteiger partial charge in [0.05, 0.1) is 16.7 Å². The molecule has 3 heterocycles. The Balaban J connectivity index is 1.10. The van der Waals surface area contributed by atoms with Gasteiger partial charge in [0.1, 0.15) is 11.2 Å². The molecule has 0 aliphatic heterocycles. The van der Waals surface area contributed by atoms with Crippen molar-refractivity contribution in [1.29, 1.82) is 0 Å². The van der Waals surface area contributed by atoms with Gasteiger partial charge in [0, 0.05) is 43.6 Å². The van der Waals surface area contributed by atoms with Gasteiger partial charge >= 0.3 is 0 Å². The number of fused-ring (bicyclic) bond motifs is 10. The van der Waals surface area contributed by atoms with Gasteiger partial charge < -0.3 is 8.98 Å². The minimum Gasteiger partial charge on any atom is -0.456 e. The van der Waals surface area contributed by atoms with Crippen molar-refractivity contribution in [2.75, 3.05) is 0 Å². The van der Waals surface area contributed by atoms with Crippen molar-refractivity contribution < 1.29 is 4.42 Å². The molecule has 0 saturated heterocycles. The topological polar surface area (TPSA) is 56.7 Å². The highest BCUT2D eigenvalue weighted by atomic mass is 16.3. The summed E-state index contributed by atoms with van der Waals surface area (Å²) in [6, 6.07) is 81.7. The third kappa shape index (κ3) is 6.21. The van der Waals surface area contributed by atoms with Crippen LogP contribution >= 0.6 is 0 Å². The van der Waals surface area contributed by atoms with Gasteiger partial charge in [-0.2, -0.15) is 0 Å². The molecule has 0 aliphatic carbocycles. The average Bonchev–Trinajstić information content (AvgIpc) is 3.93. The third-order valence-electron chi connectivity index (χ3n) is 13.6. The minimum atomic E-state index is 0.542. The van der Waals surface area contributed by atoms with Crippen molar-refractivity contribution in [3.8, 4) is 62.1 Å². The Bertz CT molecular complexity index is 4300. The highest BCUT2D eigenvalue weighted by molar-refractivity contribution is 6.21. The molecule has 11 aromatic carbocycles. The van der Waals surface area contributed by atoms with Crippen LogP contribution in [0.5, 0.6) is 0 Å². The van der Waals surface area contributed by atoms with Crippen LogP contribution in [0.4, 0.5) is 0 Å². The average molecular weight is 867 g/mol. The second kappa shape index (κ2) is 15.2. The molecule has 68 heavy (non-hydrogen) atoms. The summed E-state index contributed by atoms with van der Waals surface area (Å²) in [5, 5.41) is 11.4. The van der Waals surface area contributed by atoms with Crippen molar-refractivity contribution in [1.82, 2.24) is 19.5 Å². The molecule has 0 fully saturated rings. The third-order valence-corrected chi connectivity index (χ3v) is 13.6. The van der Waals surface area contributed by atoms with E-state index < -0.39 is 0 Å². The number of rotatable bonds is 6. The van der Waals surface area contributed by atoms with Crippen LogP contribution in [0.2, 0.25) is 0 Å². The molecular formula is C63H38N4O. The SMILES string of the molecule is c1ccc(-c2ccc(-c3nc(-c4cccc(-c5ccccc5)c4)nc(-c4cc5oc6cc7ccccc7cc6c5cc4-n4c5cc6ccccc6cc5c5ccc6ccccc6c54)n3)cc2)cc1. The van der Waals surface area contributed by atoms with Crippen LogP contribution in [0.3, 0.4) is 0 Å². The maximum atomic E-state index is 6.87. The first-order valence-corrected chi connectivity index (χ1v) is 23.0. The standard InChI is InChI=1S/C63H38N4O/c1-3-14-39(15-4-1)41-26-28-43(29-27-41)61-64-62(49-24-13-23-44(32-49)40-16-5-2-6-17-40)66-63(65-61)55-38-59-54(53-34-46-20-8-10-22-48(46)36-58(53)68-59)37-57(55)67-56-35-47-21-9-7-19-45(47)33-52(56)51-31-30-42-18-11-12-25-50(42)60(51)67/h1-38H. The van der Waals surface area contributed by atoms with Crippen LogP contribution in [-0.4, -0.2) is 19.5 Å². The molecular weight excluding hydrogens is 829 g/mol. The van der Waals surface area contributed by atoms with E-state index in [2.05, 4.69) is 223 Å². The molecule has 0 spiro atoms. The lowest BCUT2D eigenvalue weighted by molar-refractivity contribution is 0.669. The van der Waals surface area contributed by atoms with Crippen molar-refractivity contribution >= 4 is 76.1 Å². The first kappa shape index (κ1) is 38.1. The molecule has 0 atom stereocenters. The summed E-state index contributed by atoms with van der Waals surface area (Å²) >= 11 is 0. The highest BCUT2D eigenvalue weighted by Gasteiger charge is 2.24. The predicted octanol–water partition coefficient (Wildman–Crippen LogP) is 16.7. The highest BCUT2D eigenvalue weighted by Crippen LogP contribution is 2.44. The number of hydrogen-bond donors (Lipinski definition) is 0. The summed E-state index contributed by atoms with van der Waals surface area (Å²) in [5.74, 6) is 1.70. The van der Waals surface area contributed by atoms with Gasteiger partial charge in [-0.05, 0) is 91.6 Å². The van der Waals surface area contributed by atoms with E-state index in [0.717, 1.165) is 93.8 Å². The molecule has 0 unspecified atom stereocenters. The Labute approximate surface area is 390 Å². The quantitative estimate of drug-likeness (QED) is 0.167. The van der Waals surface area contributed by atoms with E-state index in [0.29, 0.717) is 17.5 Å². The number of furan rings is 1. The minimum absolute atomic E-state index is 0.542.